The molecule has 0 aromatic carbocycles. The molecule has 0 aromatic rings. The van der Waals surface area contributed by atoms with Crippen molar-refractivity contribution in [2.75, 3.05) is 7.11 Å². The van der Waals surface area contributed by atoms with Gasteiger partial charge in [-0.15, -0.1) is 0 Å². The predicted molar refractivity (Wildman–Crippen MR) is 69.2 cm³/mol. The summed E-state index contributed by atoms with van der Waals surface area (Å²) in [4.78, 5) is 11.5. The standard InChI is InChI=1S/C13H23BO4/c1-12(2)13(3,4)18-14(17-12)10-7-6-9(8-10)11(15)16-5/h9-10H,6-8H2,1-5H3. The van der Waals surface area contributed by atoms with Crippen LogP contribution in [0.25, 0.3) is 0 Å². The third-order valence-corrected chi connectivity index (χ3v) is 4.66. The molecule has 1 aliphatic heterocycles. The summed E-state index contributed by atoms with van der Waals surface area (Å²) >= 11 is 0. The van der Waals surface area contributed by atoms with Crippen LogP contribution in [0.2, 0.25) is 5.82 Å². The van der Waals surface area contributed by atoms with Gasteiger partial charge in [-0.25, -0.2) is 0 Å². The average molecular weight is 254 g/mol. The molecule has 2 fully saturated rings. The Bertz CT molecular complexity index is 324. The second-order valence-electron chi connectivity index (χ2n) is 6.42. The summed E-state index contributed by atoms with van der Waals surface area (Å²) in [6.45, 7) is 8.22. The number of rotatable bonds is 2. The van der Waals surface area contributed by atoms with E-state index in [-0.39, 0.29) is 30.2 Å². The molecule has 2 aliphatic rings. The van der Waals surface area contributed by atoms with Gasteiger partial charge in [0.25, 0.3) is 0 Å². The smallest absolute Gasteiger partial charge is 0.461 e. The van der Waals surface area contributed by atoms with Crippen molar-refractivity contribution in [1.29, 1.82) is 0 Å². The number of ether oxygens (including phenoxy) is 1. The molecule has 0 bridgehead atoms. The Hall–Kier alpha value is -0.545. The van der Waals surface area contributed by atoms with Crippen LogP contribution in [-0.4, -0.2) is 31.4 Å². The van der Waals surface area contributed by atoms with Crippen molar-refractivity contribution in [2.24, 2.45) is 5.92 Å². The highest BCUT2D eigenvalue weighted by molar-refractivity contribution is 6.47. The fourth-order valence-electron chi connectivity index (χ4n) is 2.73. The average Bonchev–Trinajstić information content (AvgIpc) is 2.82. The first-order valence-corrected chi connectivity index (χ1v) is 6.70. The van der Waals surface area contributed by atoms with Gasteiger partial charge in [0.15, 0.2) is 0 Å². The number of carbonyl (C=O) groups excluding carboxylic acids is 1. The van der Waals surface area contributed by atoms with Gasteiger partial charge in [-0.3, -0.25) is 4.79 Å². The van der Waals surface area contributed by atoms with Gasteiger partial charge >= 0.3 is 13.1 Å². The van der Waals surface area contributed by atoms with Crippen molar-refractivity contribution in [1.82, 2.24) is 0 Å². The van der Waals surface area contributed by atoms with Crippen LogP contribution in [0.1, 0.15) is 47.0 Å². The summed E-state index contributed by atoms with van der Waals surface area (Å²) in [6, 6.07) is 0. The highest BCUT2D eigenvalue weighted by Crippen LogP contribution is 2.46. The summed E-state index contributed by atoms with van der Waals surface area (Å²) in [6.07, 6.45) is 2.65. The molecule has 1 heterocycles. The lowest BCUT2D eigenvalue weighted by molar-refractivity contribution is -0.145. The highest BCUT2D eigenvalue weighted by atomic mass is 16.7. The number of hydrogen-bond donors (Lipinski definition) is 0. The van der Waals surface area contributed by atoms with Gasteiger partial charge < -0.3 is 14.0 Å². The fraction of sp³-hybridized carbons (Fsp3) is 0.923. The third-order valence-electron chi connectivity index (χ3n) is 4.66. The van der Waals surface area contributed by atoms with Crippen LogP contribution in [0.4, 0.5) is 0 Å². The van der Waals surface area contributed by atoms with Crippen LogP contribution < -0.4 is 0 Å². The van der Waals surface area contributed by atoms with E-state index < -0.39 is 0 Å². The van der Waals surface area contributed by atoms with Gasteiger partial charge in [0, 0.05) is 0 Å². The molecule has 2 atom stereocenters. The van der Waals surface area contributed by atoms with E-state index in [1.165, 1.54) is 7.11 Å². The Morgan fingerprint density at radius 2 is 1.72 bits per heavy atom. The molecule has 1 aliphatic carbocycles. The first kappa shape index (κ1) is 13.9. The lowest BCUT2D eigenvalue weighted by Crippen LogP contribution is -2.41. The molecule has 2 rings (SSSR count). The molecule has 1 saturated carbocycles. The van der Waals surface area contributed by atoms with E-state index in [4.69, 9.17) is 14.0 Å². The molecule has 0 N–H and O–H groups in total. The Balaban J connectivity index is 1.98. The summed E-state index contributed by atoms with van der Waals surface area (Å²) in [7, 11) is 1.26. The van der Waals surface area contributed by atoms with E-state index in [2.05, 4.69) is 27.7 Å². The lowest BCUT2D eigenvalue weighted by Gasteiger charge is -2.32. The largest absolute Gasteiger partial charge is 0.469 e. The zero-order valence-corrected chi connectivity index (χ0v) is 12.0. The van der Waals surface area contributed by atoms with Crippen molar-refractivity contribution in [2.45, 2.75) is 64.0 Å². The van der Waals surface area contributed by atoms with Crippen molar-refractivity contribution in [3.8, 4) is 0 Å². The first-order chi connectivity index (χ1) is 8.27. The van der Waals surface area contributed by atoms with Crippen LogP contribution in [0, 0.1) is 5.92 Å². The summed E-state index contributed by atoms with van der Waals surface area (Å²) < 4.78 is 16.9. The van der Waals surface area contributed by atoms with Crippen molar-refractivity contribution >= 4 is 13.1 Å². The van der Waals surface area contributed by atoms with Crippen molar-refractivity contribution < 1.29 is 18.8 Å². The van der Waals surface area contributed by atoms with Crippen LogP contribution in [0.15, 0.2) is 0 Å². The Kier molecular flexibility index (Phi) is 3.49. The molecule has 0 aromatic heterocycles. The molecule has 0 radical (unpaired) electrons. The minimum atomic E-state index is -0.291. The van der Waals surface area contributed by atoms with Crippen LogP contribution in [0.5, 0.6) is 0 Å². The first-order valence-electron chi connectivity index (χ1n) is 6.70. The topological polar surface area (TPSA) is 44.8 Å². The van der Waals surface area contributed by atoms with Gasteiger partial charge in [-0.2, -0.15) is 0 Å². The number of methoxy groups -OCH3 is 1. The van der Waals surface area contributed by atoms with E-state index in [1.807, 2.05) is 0 Å². The summed E-state index contributed by atoms with van der Waals surface area (Å²) in [5, 5.41) is 0. The van der Waals surface area contributed by atoms with E-state index in [9.17, 15) is 4.79 Å². The monoisotopic (exact) mass is 254 g/mol. The third kappa shape index (κ3) is 2.30. The maximum absolute atomic E-state index is 11.5. The van der Waals surface area contributed by atoms with E-state index in [1.54, 1.807) is 0 Å². The molecular weight excluding hydrogens is 231 g/mol. The maximum atomic E-state index is 11.5. The van der Waals surface area contributed by atoms with Crippen LogP contribution in [-0.2, 0) is 18.8 Å². The quantitative estimate of drug-likeness (QED) is 0.560. The molecule has 0 spiro atoms. The molecule has 5 heteroatoms. The Labute approximate surface area is 110 Å². The molecule has 4 nitrogen and oxygen atoms in total. The summed E-state index contributed by atoms with van der Waals surface area (Å²) in [5.74, 6) is 0.211. The van der Waals surface area contributed by atoms with Crippen molar-refractivity contribution in [3.63, 3.8) is 0 Å². The maximum Gasteiger partial charge on any atom is 0.461 e. The molecule has 18 heavy (non-hydrogen) atoms. The SMILES string of the molecule is COC(=O)C1CCC(B2OC(C)(C)C(C)(C)O2)C1. The zero-order chi connectivity index (χ0) is 13.6. The molecule has 0 amide bonds. The van der Waals surface area contributed by atoms with Crippen LogP contribution in [0.3, 0.4) is 0 Å². The number of esters is 1. The van der Waals surface area contributed by atoms with E-state index in [0.29, 0.717) is 5.82 Å². The molecular formula is C13H23BO4. The highest BCUT2D eigenvalue weighted by Gasteiger charge is 2.55. The normalized spacial score (nSPS) is 33.7. The van der Waals surface area contributed by atoms with Crippen molar-refractivity contribution in [3.05, 3.63) is 0 Å². The minimum absolute atomic E-state index is 0.0130. The number of carbonyl (C=O) groups is 1. The molecule has 2 unspecified atom stereocenters. The van der Waals surface area contributed by atoms with Gasteiger partial charge in [-0.05, 0) is 46.4 Å². The fourth-order valence-corrected chi connectivity index (χ4v) is 2.73. The minimum Gasteiger partial charge on any atom is -0.469 e. The molecule has 102 valence electrons. The zero-order valence-electron chi connectivity index (χ0n) is 12.0. The second-order valence-corrected chi connectivity index (χ2v) is 6.42. The van der Waals surface area contributed by atoms with E-state index >= 15 is 0 Å². The Morgan fingerprint density at radius 3 is 2.22 bits per heavy atom. The predicted octanol–water partition coefficient (Wildman–Crippen LogP) is 2.42. The van der Waals surface area contributed by atoms with Gasteiger partial charge in [-0.1, -0.05) is 6.42 Å². The molecule has 1 saturated heterocycles. The Morgan fingerprint density at radius 1 is 1.17 bits per heavy atom. The second kappa shape index (κ2) is 4.53. The van der Waals surface area contributed by atoms with Gasteiger partial charge in [0.05, 0.1) is 24.2 Å². The summed E-state index contributed by atoms with van der Waals surface area (Å²) in [5.41, 5.74) is -0.581. The van der Waals surface area contributed by atoms with E-state index in [0.717, 1.165) is 19.3 Å². The van der Waals surface area contributed by atoms with Gasteiger partial charge in [0.1, 0.15) is 0 Å². The van der Waals surface area contributed by atoms with Crippen LogP contribution >= 0.6 is 0 Å². The van der Waals surface area contributed by atoms with Gasteiger partial charge in [0.2, 0.25) is 0 Å². The number of hydrogen-bond acceptors (Lipinski definition) is 4. The lowest BCUT2D eigenvalue weighted by atomic mass is 9.70.